The molecule has 4 heteroatoms. The molecule has 16 heavy (non-hydrogen) atoms. The molecule has 2 aliphatic carbocycles. The Bertz CT molecular complexity index is 418. The molecule has 1 heterocycles. The average molecular weight is 220 g/mol. The lowest BCUT2D eigenvalue weighted by atomic mass is 9.63. The van der Waals surface area contributed by atoms with Gasteiger partial charge in [0.05, 0.1) is 17.8 Å². The van der Waals surface area contributed by atoms with E-state index in [1.165, 1.54) is 12.8 Å². The van der Waals surface area contributed by atoms with E-state index in [9.17, 15) is 4.79 Å². The number of rotatable bonds is 2. The first-order valence-corrected chi connectivity index (χ1v) is 5.89. The van der Waals surface area contributed by atoms with Crippen LogP contribution in [0.4, 0.5) is 0 Å². The maximum Gasteiger partial charge on any atom is 0.157 e. The van der Waals surface area contributed by atoms with Gasteiger partial charge >= 0.3 is 0 Å². The third-order valence-electron chi connectivity index (χ3n) is 4.00. The van der Waals surface area contributed by atoms with Crippen molar-refractivity contribution in [1.82, 2.24) is 9.78 Å². The molecule has 1 unspecified atom stereocenters. The number of aryl methyl sites for hydroxylation is 1. The van der Waals surface area contributed by atoms with Crippen LogP contribution in [-0.2, 0) is 11.8 Å². The Kier molecular flexibility index (Phi) is 2.06. The average Bonchev–Trinajstić information content (AvgIpc) is 2.87. The second-order valence-electron chi connectivity index (χ2n) is 4.95. The molecule has 0 bridgehead atoms. The number of Topliss-reactive ketones (excluding diaryl/α,β-unsaturated/α-hetero) is 1. The van der Waals surface area contributed by atoms with Crippen LogP contribution in [0.1, 0.15) is 32.1 Å². The van der Waals surface area contributed by atoms with Gasteiger partial charge in [0.25, 0.3) is 0 Å². The molecule has 4 nitrogen and oxygen atoms in total. The molecule has 1 aromatic heterocycles. The van der Waals surface area contributed by atoms with E-state index in [0.717, 1.165) is 18.6 Å². The Morgan fingerprint density at radius 3 is 2.81 bits per heavy atom. The Hall–Kier alpha value is -1.32. The topological polar surface area (TPSA) is 44.1 Å². The summed E-state index contributed by atoms with van der Waals surface area (Å²) in [6.07, 6.45) is 8.59. The number of carbonyl (C=O) groups excluding carboxylic acids is 1. The van der Waals surface area contributed by atoms with E-state index >= 15 is 0 Å². The number of ketones is 1. The summed E-state index contributed by atoms with van der Waals surface area (Å²) in [6.45, 7) is 0. The Balaban J connectivity index is 1.74. The lowest BCUT2D eigenvalue weighted by Crippen LogP contribution is -2.55. The van der Waals surface area contributed by atoms with Gasteiger partial charge in [-0.15, -0.1) is 0 Å². The van der Waals surface area contributed by atoms with Gasteiger partial charge in [0.2, 0.25) is 0 Å². The standard InChI is InChI=1S/C12H16N2O2/c1-14-8-9(7-13-14)16-11-6-10(15)12(11)4-2-3-5-12/h7-8,11H,2-6H2,1H3. The molecule has 0 aromatic carbocycles. The van der Waals surface area contributed by atoms with Crippen molar-refractivity contribution < 1.29 is 9.53 Å². The first kappa shape index (κ1) is 9.87. The molecule has 0 aliphatic heterocycles. The number of aromatic nitrogens is 2. The molecule has 0 amide bonds. The maximum absolute atomic E-state index is 11.8. The van der Waals surface area contributed by atoms with Gasteiger partial charge in [0.15, 0.2) is 5.75 Å². The molecule has 86 valence electrons. The summed E-state index contributed by atoms with van der Waals surface area (Å²) in [5.41, 5.74) is -0.143. The van der Waals surface area contributed by atoms with Crippen molar-refractivity contribution in [2.45, 2.75) is 38.2 Å². The van der Waals surface area contributed by atoms with E-state index in [-0.39, 0.29) is 11.5 Å². The summed E-state index contributed by atoms with van der Waals surface area (Å²) in [6, 6.07) is 0. The van der Waals surface area contributed by atoms with Gasteiger partial charge in [-0.25, -0.2) is 0 Å². The highest BCUT2D eigenvalue weighted by molar-refractivity contribution is 5.92. The maximum atomic E-state index is 11.8. The summed E-state index contributed by atoms with van der Waals surface area (Å²) in [4.78, 5) is 11.8. The molecule has 2 fully saturated rings. The van der Waals surface area contributed by atoms with Crippen molar-refractivity contribution in [1.29, 1.82) is 0 Å². The van der Waals surface area contributed by atoms with Crippen LogP contribution in [0.3, 0.4) is 0 Å². The lowest BCUT2D eigenvalue weighted by Gasteiger charge is -2.44. The number of hydrogen-bond acceptors (Lipinski definition) is 3. The highest BCUT2D eigenvalue weighted by atomic mass is 16.5. The van der Waals surface area contributed by atoms with Crippen LogP contribution in [0.25, 0.3) is 0 Å². The lowest BCUT2D eigenvalue weighted by molar-refractivity contribution is -0.151. The minimum absolute atomic E-state index is 0.0895. The van der Waals surface area contributed by atoms with Gasteiger partial charge in [0, 0.05) is 13.5 Å². The van der Waals surface area contributed by atoms with Gasteiger partial charge < -0.3 is 4.74 Å². The molecule has 2 saturated carbocycles. The van der Waals surface area contributed by atoms with Gasteiger partial charge in [-0.3, -0.25) is 9.48 Å². The van der Waals surface area contributed by atoms with Crippen molar-refractivity contribution in [2.75, 3.05) is 0 Å². The fourth-order valence-electron chi connectivity index (χ4n) is 3.00. The minimum Gasteiger partial charge on any atom is -0.486 e. The Morgan fingerprint density at radius 1 is 1.50 bits per heavy atom. The highest BCUT2D eigenvalue weighted by Crippen LogP contribution is 2.51. The first-order chi connectivity index (χ1) is 7.71. The van der Waals surface area contributed by atoms with Crippen LogP contribution >= 0.6 is 0 Å². The largest absolute Gasteiger partial charge is 0.486 e. The molecule has 0 N–H and O–H groups in total. The van der Waals surface area contributed by atoms with Crippen LogP contribution < -0.4 is 4.74 Å². The number of carbonyl (C=O) groups is 1. The van der Waals surface area contributed by atoms with E-state index < -0.39 is 0 Å². The summed E-state index contributed by atoms with van der Waals surface area (Å²) in [5.74, 6) is 1.19. The summed E-state index contributed by atoms with van der Waals surface area (Å²) < 4.78 is 7.59. The fourth-order valence-corrected chi connectivity index (χ4v) is 3.00. The molecular formula is C12H16N2O2. The molecule has 3 rings (SSSR count). The third-order valence-corrected chi connectivity index (χ3v) is 4.00. The van der Waals surface area contributed by atoms with Crippen molar-refractivity contribution >= 4 is 5.78 Å². The minimum atomic E-state index is -0.143. The monoisotopic (exact) mass is 220 g/mol. The van der Waals surface area contributed by atoms with Crippen LogP contribution in [0.2, 0.25) is 0 Å². The van der Waals surface area contributed by atoms with E-state index in [4.69, 9.17) is 4.74 Å². The summed E-state index contributed by atoms with van der Waals surface area (Å²) in [5, 5.41) is 4.07. The smallest absolute Gasteiger partial charge is 0.157 e. The van der Waals surface area contributed by atoms with E-state index in [2.05, 4.69) is 5.10 Å². The van der Waals surface area contributed by atoms with E-state index in [0.29, 0.717) is 12.2 Å². The zero-order chi connectivity index (χ0) is 11.2. The molecule has 1 aromatic rings. The van der Waals surface area contributed by atoms with Gasteiger partial charge in [-0.1, -0.05) is 12.8 Å². The molecule has 0 radical (unpaired) electrons. The number of ether oxygens (including phenoxy) is 1. The molecule has 1 atom stereocenters. The van der Waals surface area contributed by atoms with Gasteiger partial charge in [0.1, 0.15) is 11.9 Å². The van der Waals surface area contributed by atoms with Crippen LogP contribution in [0, 0.1) is 5.41 Å². The SMILES string of the molecule is Cn1cc(OC2CC(=O)C23CCCC3)cn1. The van der Waals surface area contributed by atoms with Crippen LogP contribution in [-0.4, -0.2) is 21.7 Å². The predicted octanol–water partition coefficient (Wildman–Crippen LogP) is 1.70. The van der Waals surface area contributed by atoms with Crippen molar-refractivity contribution in [2.24, 2.45) is 12.5 Å². The van der Waals surface area contributed by atoms with E-state index in [1.54, 1.807) is 10.9 Å². The quantitative estimate of drug-likeness (QED) is 0.762. The third kappa shape index (κ3) is 1.29. The zero-order valence-electron chi connectivity index (χ0n) is 9.48. The normalized spacial score (nSPS) is 27.1. The number of hydrogen-bond donors (Lipinski definition) is 0. The van der Waals surface area contributed by atoms with Gasteiger partial charge in [-0.2, -0.15) is 5.10 Å². The Morgan fingerprint density at radius 2 is 2.25 bits per heavy atom. The Labute approximate surface area is 94.6 Å². The molecule has 1 spiro atoms. The van der Waals surface area contributed by atoms with Crippen LogP contribution in [0.15, 0.2) is 12.4 Å². The number of nitrogens with zero attached hydrogens (tertiary/aromatic N) is 2. The fraction of sp³-hybridized carbons (Fsp3) is 0.667. The van der Waals surface area contributed by atoms with Crippen molar-refractivity contribution in [3.63, 3.8) is 0 Å². The predicted molar refractivity (Wildman–Crippen MR) is 58.1 cm³/mol. The molecule has 0 saturated heterocycles. The van der Waals surface area contributed by atoms with Crippen molar-refractivity contribution in [3.8, 4) is 5.75 Å². The zero-order valence-corrected chi connectivity index (χ0v) is 9.48. The summed E-state index contributed by atoms with van der Waals surface area (Å²) in [7, 11) is 1.87. The second-order valence-corrected chi connectivity index (χ2v) is 4.95. The summed E-state index contributed by atoms with van der Waals surface area (Å²) >= 11 is 0. The molecular weight excluding hydrogens is 204 g/mol. The highest BCUT2D eigenvalue weighted by Gasteiger charge is 2.57. The molecule has 2 aliphatic rings. The van der Waals surface area contributed by atoms with Gasteiger partial charge in [-0.05, 0) is 12.8 Å². The first-order valence-electron chi connectivity index (χ1n) is 5.89. The van der Waals surface area contributed by atoms with Crippen LogP contribution in [0.5, 0.6) is 5.75 Å². The van der Waals surface area contributed by atoms with Crippen molar-refractivity contribution in [3.05, 3.63) is 12.4 Å². The second kappa shape index (κ2) is 3.34. The van der Waals surface area contributed by atoms with E-state index in [1.807, 2.05) is 13.2 Å².